The van der Waals surface area contributed by atoms with Crippen molar-refractivity contribution in [3.05, 3.63) is 77.4 Å². The van der Waals surface area contributed by atoms with E-state index in [-0.39, 0.29) is 12.2 Å². The molecule has 1 amide bonds. The lowest BCUT2D eigenvalue weighted by Gasteiger charge is -2.24. The Bertz CT molecular complexity index is 1420. The Labute approximate surface area is 189 Å². The zero-order chi connectivity index (χ0) is 24.8. The molecule has 4 rings (SSSR count). The van der Waals surface area contributed by atoms with Crippen LogP contribution in [0.5, 0.6) is 0 Å². The number of alkyl halides is 3. The number of aromatic nitrogens is 1. The van der Waals surface area contributed by atoms with Gasteiger partial charge in [0.2, 0.25) is 0 Å². The molecule has 0 spiro atoms. The highest BCUT2D eigenvalue weighted by Gasteiger charge is 2.35. The number of rotatable bonds is 4. The second kappa shape index (κ2) is 8.11. The molecule has 0 saturated heterocycles. The second-order valence-electron chi connectivity index (χ2n) is 8.01. The first-order valence-corrected chi connectivity index (χ1v) is 9.93. The van der Waals surface area contributed by atoms with E-state index in [9.17, 15) is 31.9 Å². The van der Waals surface area contributed by atoms with Gasteiger partial charge in [-0.15, -0.1) is 0 Å². The van der Waals surface area contributed by atoms with Crippen LogP contribution < -0.4 is 5.32 Å². The molecule has 0 aliphatic heterocycles. The molecule has 0 radical (unpaired) electrons. The number of aliphatic hydroxyl groups is 1. The van der Waals surface area contributed by atoms with Gasteiger partial charge in [-0.1, -0.05) is 0 Å². The van der Waals surface area contributed by atoms with Crippen LogP contribution in [0.15, 0.2) is 54.6 Å². The normalized spacial score (nSPS) is 13.6. The van der Waals surface area contributed by atoms with Crippen LogP contribution >= 0.6 is 0 Å². The quantitative estimate of drug-likeness (QED) is 0.392. The van der Waals surface area contributed by atoms with Crippen LogP contribution in [-0.2, 0) is 17.5 Å². The topological polar surface area (TPSA) is 78.1 Å². The van der Waals surface area contributed by atoms with Gasteiger partial charge in [-0.3, -0.25) is 4.79 Å². The van der Waals surface area contributed by atoms with Crippen molar-refractivity contribution in [3.8, 4) is 6.07 Å². The van der Waals surface area contributed by atoms with Crippen LogP contribution in [0.4, 0.5) is 27.6 Å². The minimum absolute atomic E-state index is 0.261. The van der Waals surface area contributed by atoms with Crippen molar-refractivity contribution in [2.24, 2.45) is 0 Å². The van der Waals surface area contributed by atoms with E-state index in [4.69, 9.17) is 5.26 Å². The number of fused-ring (bicyclic) bond motifs is 3. The summed E-state index contributed by atoms with van der Waals surface area (Å²) in [6.45, 7) is 0.805. The summed E-state index contributed by atoms with van der Waals surface area (Å²) < 4.78 is 68.8. The van der Waals surface area contributed by atoms with Crippen LogP contribution in [0.2, 0.25) is 0 Å². The third-order valence-corrected chi connectivity index (χ3v) is 5.45. The molecule has 2 N–H and O–H groups in total. The third kappa shape index (κ3) is 4.18. The molecule has 1 atom stereocenters. The number of carbonyl (C=O) groups excluding carboxylic acids is 1. The van der Waals surface area contributed by atoms with Crippen LogP contribution in [0.3, 0.4) is 0 Å². The van der Waals surface area contributed by atoms with Crippen LogP contribution in [0, 0.1) is 23.0 Å². The zero-order valence-electron chi connectivity index (χ0n) is 17.5. The standard InChI is InChI=1S/C24H16F5N3O2/c1-23(34,22(33)31-16-5-2-13(11-30)19(10-16)24(27,28)29)12-32-20-6-3-14(25)8-17(20)18-9-15(26)4-7-21(18)32/h2-10,34H,12H2,1H3,(H,31,33)/t23-/m0/s1. The number of anilines is 1. The highest BCUT2D eigenvalue weighted by Crippen LogP contribution is 2.34. The molecular weight excluding hydrogens is 457 g/mol. The Hall–Kier alpha value is -3.97. The second-order valence-corrected chi connectivity index (χ2v) is 8.01. The number of carbonyl (C=O) groups is 1. The molecule has 1 aromatic heterocycles. The van der Waals surface area contributed by atoms with Gasteiger partial charge in [0.25, 0.3) is 5.91 Å². The summed E-state index contributed by atoms with van der Waals surface area (Å²) in [4.78, 5) is 12.8. The highest BCUT2D eigenvalue weighted by molar-refractivity contribution is 6.08. The maximum absolute atomic E-state index is 13.8. The van der Waals surface area contributed by atoms with Crippen molar-refractivity contribution < 1.29 is 31.9 Å². The summed E-state index contributed by atoms with van der Waals surface area (Å²) in [5.74, 6) is -2.12. The summed E-state index contributed by atoms with van der Waals surface area (Å²) in [5.41, 5.74) is -3.38. The highest BCUT2D eigenvalue weighted by atomic mass is 19.4. The van der Waals surface area contributed by atoms with Gasteiger partial charge in [0.15, 0.2) is 5.60 Å². The molecule has 1 heterocycles. The van der Waals surface area contributed by atoms with Gasteiger partial charge >= 0.3 is 6.18 Å². The fourth-order valence-corrected chi connectivity index (χ4v) is 3.82. The molecule has 0 fully saturated rings. The van der Waals surface area contributed by atoms with E-state index >= 15 is 0 Å². The van der Waals surface area contributed by atoms with Crippen molar-refractivity contribution in [2.75, 3.05) is 5.32 Å². The SMILES string of the molecule is C[C@](O)(Cn1c2ccc(F)cc2c2cc(F)ccc21)C(=O)Nc1ccc(C#N)c(C(F)(F)F)c1. The minimum Gasteiger partial charge on any atom is -0.378 e. The number of nitrogens with zero attached hydrogens (tertiary/aromatic N) is 2. The van der Waals surface area contributed by atoms with Crippen LogP contribution in [-0.4, -0.2) is 21.2 Å². The van der Waals surface area contributed by atoms with E-state index in [2.05, 4.69) is 5.32 Å². The number of amides is 1. The predicted octanol–water partition coefficient (Wildman–Crippen LogP) is 5.35. The molecule has 0 aliphatic carbocycles. The van der Waals surface area contributed by atoms with Gasteiger partial charge < -0.3 is 15.0 Å². The monoisotopic (exact) mass is 473 g/mol. The smallest absolute Gasteiger partial charge is 0.378 e. The Morgan fingerprint density at radius 3 is 2.06 bits per heavy atom. The number of hydrogen-bond donors (Lipinski definition) is 2. The summed E-state index contributed by atoms with van der Waals surface area (Å²) in [6, 6.07) is 11.7. The lowest BCUT2D eigenvalue weighted by atomic mass is 10.0. The molecule has 0 aliphatic rings. The first kappa shape index (κ1) is 23.2. The summed E-state index contributed by atoms with van der Waals surface area (Å²) in [7, 11) is 0. The molecule has 0 unspecified atom stereocenters. The van der Waals surface area contributed by atoms with Crippen LogP contribution in [0.1, 0.15) is 18.1 Å². The average molecular weight is 473 g/mol. The number of benzene rings is 3. The lowest BCUT2D eigenvalue weighted by molar-refractivity contribution is -0.138. The van der Waals surface area contributed by atoms with Gasteiger partial charge in [0, 0.05) is 27.5 Å². The maximum atomic E-state index is 13.8. The fourth-order valence-electron chi connectivity index (χ4n) is 3.82. The summed E-state index contributed by atoms with van der Waals surface area (Å²) >= 11 is 0. The van der Waals surface area contributed by atoms with E-state index < -0.39 is 40.4 Å². The number of nitriles is 1. The minimum atomic E-state index is -4.82. The average Bonchev–Trinajstić information content (AvgIpc) is 3.04. The molecule has 3 aromatic carbocycles. The molecule has 174 valence electrons. The molecule has 4 aromatic rings. The Kier molecular flexibility index (Phi) is 5.53. The van der Waals surface area contributed by atoms with Crippen LogP contribution in [0.25, 0.3) is 21.8 Å². The first-order valence-electron chi connectivity index (χ1n) is 9.93. The van der Waals surface area contributed by atoms with Crippen molar-refractivity contribution >= 4 is 33.4 Å². The molecular formula is C24H16F5N3O2. The molecule has 34 heavy (non-hydrogen) atoms. The third-order valence-electron chi connectivity index (χ3n) is 5.45. The molecule has 0 bridgehead atoms. The zero-order valence-corrected chi connectivity index (χ0v) is 17.5. The summed E-state index contributed by atoms with van der Waals surface area (Å²) in [5, 5.41) is 22.8. The van der Waals surface area contributed by atoms with E-state index in [1.807, 2.05) is 0 Å². The van der Waals surface area contributed by atoms with Crippen molar-refractivity contribution in [1.82, 2.24) is 4.57 Å². The number of hydrogen-bond acceptors (Lipinski definition) is 3. The lowest BCUT2D eigenvalue weighted by Crippen LogP contribution is -2.43. The maximum Gasteiger partial charge on any atom is 0.417 e. The van der Waals surface area contributed by atoms with E-state index in [0.29, 0.717) is 27.9 Å². The van der Waals surface area contributed by atoms with Crippen molar-refractivity contribution in [1.29, 1.82) is 5.26 Å². The Balaban J connectivity index is 1.70. The Morgan fingerprint density at radius 2 is 1.56 bits per heavy atom. The van der Waals surface area contributed by atoms with Gasteiger partial charge in [0.05, 0.1) is 23.7 Å². The largest absolute Gasteiger partial charge is 0.417 e. The Morgan fingerprint density at radius 1 is 1.00 bits per heavy atom. The first-order chi connectivity index (χ1) is 15.9. The van der Waals surface area contributed by atoms with E-state index in [0.717, 1.165) is 12.1 Å². The summed E-state index contributed by atoms with van der Waals surface area (Å²) in [6.07, 6.45) is -4.82. The fraction of sp³-hybridized carbons (Fsp3) is 0.167. The molecule has 5 nitrogen and oxygen atoms in total. The van der Waals surface area contributed by atoms with Gasteiger partial charge in [0.1, 0.15) is 11.6 Å². The number of nitrogens with one attached hydrogen (secondary N) is 1. The van der Waals surface area contributed by atoms with Gasteiger partial charge in [-0.25, -0.2) is 8.78 Å². The molecule has 0 saturated carbocycles. The predicted molar refractivity (Wildman–Crippen MR) is 115 cm³/mol. The van der Waals surface area contributed by atoms with E-state index in [1.165, 1.54) is 54.0 Å². The van der Waals surface area contributed by atoms with Crippen molar-refractivity contribution in [2.45, 2.75) is 25.2 Å². The van der Waals surface area contributed by atoms with Gasteiger partial charge in [-0.05, 0) is 61.5 Å². The number of halogens is 5. The van der Waals surface area contributed by atoms with Gasteiger partial charge in [-0.2, -0.15) is 18.4 Å². The van der Waals surface area contributed by atoms with E-state index in [1.54, 1.807) is 0 Å². The van der Waals surface area contributed by atoms with Crippen molar-refractivity contribution in [3.63, 3.8) is 0 Å². The molecule has 10 heteroatoms.